The highest BCUT2D eigenvalue weighted by molar-refractivity contribution is 8.76. The Hall–Kier alpha value is -2.20. The average molecular weight is 372 g/mol. The largest absolute Gasteiger partial charge is 0.273 e. The summed E-state index contributed by atoms with van der Waals surface area (Å²) in [6.07, 6.45) is 0. The molecule has 2 aromatic carbocycles. The molecule has 10 heteroatoms. The summed E-state index contributed by atoms with van der Waals surface area (Å²) in [6.45, 7) is 2.82. The normalized spacial score (nSPS) is 10.7. The number of nitro groups is 2. The molecule has 0 heterocycles. The SMILES string of the molecule is Cc1cc(F)c(SSc2cc([N+](=O)[O-])c(C)cc2F)cc1[N+](=O)[O-]. The van der Waals surface area contributed by atoms with Gasteiger partial charge in [0.1, 0.15) is 11.6 Å². The third-order valence-electron chi connectivity index (χ3n) is 3.12. The van der Waals surface area contributed by atoms with Crippen LogP contribution in [0.2, 0.25) is 0 Å². The Kier molecular flexibility index (Phi) is 5.40. The standard InChI is InChI=1S/C14H10F2N2O4S2/c1-7-3-9(15)13(5-11(7)17(19)20)23-24-14-6-12(18(21)22)8(2)4-10(14)16/h3-6H,1-2H3. The molecule has 0 saturated heterocycles. The Bertz CT molecular complexity index is 777. The number of aryl methyl sites for hydroxylation is 2. The zero-order valence-electron chi connectivity index (χ0n) is 12.4. The van der Waals surface area contributed by atoms with Gasteiger partial charge in [0.25, 0.3) is 11.4 Å². The Morgan fingerprint density at radius 1 is 0.792 bits per heavy atom. The quantitative estimate of drug-likeness (QED) is 0.407. The highest BCUT2D eigenvalue weighted by atomic mass is 33.1. The van der Waals surface area contributed by atoms with Crippen LogP contribution in [0.1, 0.15) is 11.1 Å². The Morgan fingerprint density at radius 3 is 1.42 bits per heavy atom. The van der Waals surface area contributed by atoms with E-state index in [1.54, 1.807) is 0 Å². The highest BCUT2D eigenvalue weighted by Crippen LogP contribution is 2.42. The third kappa shape index (κ3) is 3.82. The molecule has 0 bridgehead atoms. The van der Waals surface area contributed by atoms with Crippen molar-refractivity contribution in [2.45, 2.75) is 23.6 Å². The maximum atomic E-state index is 13.9. The van der Waals surface area contributed by atoms with E-state index >= 15 is 0 Å². The number of hydrogen-bond donors (Lipinski definition) is 0. The lowest BCUT2D eigenvalue weighted by atomic mass is 10.2. The summed E-state index contributed by atoms with van der Waals surface area (Å²) in [6, 6.07) is 4.16. The van der Waals surface area contributed by atoms with E-state index in [4.69, 9.17) is 0 Å². The van der Waals surface area contributed by atoms with E-state index < -0.39 is 21.5 Å². The molecule has 0 spiro atoms. The number of nitro benzene ring substituents is 2. The molecule has 0 aliphatic carbocycles. The molecule has 0 aliphatic heterocycles. The van der Waals surface area contributed by atoms with E-state index in [1.165, 1.54) is 13.8 Å². The lowest BCUT2D eigenvalue weighted by Gasteiger charge is -2.06. The summed E-state index contributed by atoms with van der Waals surface area (Å²) in [4.78, 5) is 20.4. The van der Waals surface area contributed by atoms with Gasteiger partial charge < -0.3 is 0 Å². The predicted molar refractivity (Wildman–Crippen MR) is 87.3 cm³/mol. The van der Waals surface area contributed by atoms with Gasteiger partial charge in [-0.2, -0.15) is 0 Å². The number of rotatable bonds is 5. The molecule has 2 rings (SSSR count). The van der Waals surface area contributed by atoms with Crippen molar-refractivity contribution < 1.29 is 18.6 Å². The molecule has 6 nitrogen and oxygen atoms in total. The fourth-order valence-electron chi connectivity index (χ4n) is 1.90. The Morgan fingerprint density at radius 2 is 1.12 bits per heavy atom. The van der Waals surface area contributed by atoms with Crippen LogP contribution in [0.15, 0.2) is 34.1 Å². The van der Waals surface area contributed by atoms with Crippen LogP contribution in [-0.2, 0) is 0 Å². The highest BCUT2D eigenvalue weighted by Gasteiger charge is 2.19. The molecule has 0 amide bonds. The lowest BCUT2D eigenvalue weighted by molar-refractivity contribution is -0.385. The van der Waals surface area contributed by atoms with Crippen molar-refractivity contribution in [3.63, 3.8) is 0 Å². The maximum Gasteiger partial charge on any atom is 0.273 e. The first kappa shape index (κ1) is 18.1. The van der Waals surface area contributed by atoms with Crippen molar-refractivity contribution in [3.8, 4) is 0 Å². The second-order valence-electron chi connectivity index (χ2n) is 4.82. The molecule has 126 valence electrons. The summed E-state index contributed by atoms with van der Waals surface area (Å²) < 4.78 is 27.8. The van der Waals surface area contributed by atoms with Gasteiger partial charge in [-0.1, -0.05) is 0 Å². The van der Waals surface area contributed by atoms with Crippen molar-refractivity contribution in [3.05, 3.63) is 67.3 Å². The lowest BCUT2D eigenvalue weighted by Crippen LogP contribution is -1.95. The fraction of sp³-hybridized carbons (Fsp3) is 0.143. The minimum absolute atomic E-state index is 0.0556. The minimum Gasteiger partial charge on any atom is -0.258 e. The Balaban J connectivity index is 2.32. The topological polar surface area (TPSA) is 86.3 Å². The Labute approximate surface area is 143 Å². The van der Waals surface area contributed by atoms with E-state index in [1.807, 2.05) is 0 Å². The monoisotopic (exact) mass is 372 g/mol. The molecular weight excluding hydrogens is 362 g/mol. The molecule has 2 aromatic rings. The van der Waals surface area contributed by atoms with Gasteiger partial charge in [-0.15, -0.1) is 0 Å². The van der Waals surface area contributed by atoms with Crippen molar-refractivity contribution in [2.24, 2.45) is 0 Å². The number of hydrogen-bond acceptors (Lipinski definition) is 6. The van der Waals surface area contributed by atoms with Crippen LogP contribution in [-0.4, -0.2) is 9.85 Å². The third-order valence-corrected chi connectivity index (χ3v) is 5.51. The molecule has 0 aromatic heterocycles. The summed E-state index contributed by atoms with van der Waals surface area (Å²) in [5, 5.41) is 21.8. The molecule has 0 saturated carbocycles. The predicted octanol–water partition coefficient (Wildman–Crippen LogP) is 5.20. The van der Waals surface area contributed by atoms with Crippen molar-refractivity contribution in [1.29, 1.82) is 0 Å². The maximum absolute atomic E-state index is 13.9. The summed E-state index contributed by atoms with van der Waals surface area (Å²) in [5.74, 6) is -1.37. The van der Waals surface area contributed by atoms with Gasteiger partial charge in [0, 0.05) is 23.3 Å². The number of halogens is 2. The summed E-state index contributed by atoms with van der Waals surface area (Å²) >= 11 is 0. The van der Waals surface area contributed by atoms with Crippen molar-refractivity contribution >= 4 is 33.0 Å². The van der Waals surface area contributed by atoms with Crippen LogP contribution in [0, 0.1) is 45.7 Å². The minimum atomic E-state index is -0.683. The molecular formula is C14H10F2N2O4S2. The van der Waals surface area contributed by atoms with E-state index in [-0.39, 0.29) is 32.3 Å². The zero-order valence-corrected chi connectivity index (χ0v) is 14.0. The second-order valence-corrected chi connectivity index (χ2v) is 7.03. The van der Waals surface area contributed by atoms with Crippen LogP contribution in [0.4, 0.5) is 20.2 Å². The van der Waals surface area contributed by atoms with Crippen LogP contribution >= 0.6 is 21.6 Å². The van der Waals surface area contributed by atoms with Crippen LogP contribution in [0.5, 0.6) is 0 Å². The number of nitrogens with zero attached hydrogens (tertiary/aromatic N) is 2. The molecule has 0 aliphatic rings. The first-order valence-corrected chi connectivity index (χ1v) is 8.59. The molecule has 0 fully saturated rings. The first-order chi connectivity index (χ1) is 11.2. The van der Waals surface area contributed by atoms with Gasteiger partial charge in [-0.05, 0) is 47.6 Å². The number of benzene rings is 2. The molecule has 0 atom stereocenters. The van der Waals surface area contributed by atoms with E-state index in [0.29, 0.717) is 0 Å². The van der Waals surface area contributed by atoms with Crippen molar-refractivity contribution in [1.82, 2.24) is 0 Å². The van der Waals surface area contributed by atoms with Crippen LogP contribution in [0.25, 0.3) is 0 Å². The van der Waals surface area contributed by atoms with Gasteiger partial charge in [-0.3, -0.25) is 20.2 Å². The van der Waals surface area contributed by atoms with Gasteiger partial charge in [0.15, 0.2) is 0 Å². The van der Waals surface area contributed by atoms with Gasteiger partial charge in [0.2, 0.25) is 0 Å². The van der Waals surface area contributed by atoms with Crippen molar-refractivity contribution in [2.75, 3.05) is 0 Å². The molecule has 24 heavy (non-hydrogen) atoms. The zero-order chi connectivity index (χ0) is 18.0. The molecule has 0 radical (unpaired) electrons. The van der Waals surface area contributed by atoms with Gasteiger partial charge in [-0.25, -0.2) is 8.78 Å². The van der Waals surface area contributed by atoms with Crippen LogP contribution < -0.4 is 0 Å². The van der Waals surface area contributed by atoms with Gasteiger partial charge >= 0.3 is 0 Å². The summed E-state index contributed by atoms with van der Waals surface area (Å²) in [7, 11) is 1.51. The van der Waals surface area contributed by atoms with Crippen LogP contribution in [0.3, 0.4) is 0 Å². The summed E-state index contributed by atoms with van der Waals surface area (Å²) in [5.41, 5.74) is -0.169. The van der Waals surface area contributed by atoms with E-state index in [0.717, 1.165) is 45.9 Å². The fourth-order valence-corrected chi connectivity index (χ4v) is 3.98. The smallest absolute Gasteiger partial charge is 0.258 e. The van der Waals surface area contributed by atoms with E-state index in [9.17, 15) is 29.0 Å². The van der Waals surface area contributed by atoms with Gasteiger partial charge in [0.05, 0.1) is 19.6 Å². The van der Waals surface area contributed by atoms with E-state index in [2.05, 4.69) is 0 Å². The average Bonchev–Trinajstić information content (AvgIpc) is 2.47. The molecule has 0 unspecified atom stereocenters. The molecule has 0 N–H and O–H groups in total. The first-order valence-electron chi connectivity index (χ1n) is 6.44. The second kappa shape index (κ2) is 7.14.